The first-order chi connectivity index (χ1) is 13.4. The van der Waals surface area contributed by atoms with Gasteiger partial charge in [-0.15, -0.1) is 0 Å². The van der Waals surface area contributed by atoms with Gasteiger partial charge in [-0.05, 0) is 0 Å². The van der Waals surface area contributed by atoms with Gasteiger partial charge in [-0.25, -0.2) is 0 Å². The maximum absolute atomic E-state index is 10.6. The predicted molar refractivity (Wildman–Crippen MR) is 102 cm³/mol. The summed E-state index contributed by atoms with van der Waals surface area (Å²) in [6.07, 6.45) is -4.36. The Morgan fingerprint density at radius 2 is 1.25 bits per heavy atom. The Morgan fingerprint density at radius 1 is 0.750 bits per heavy atom. The Labute approximate surface area is 172 Å². The second-order valence-corrected chi connectivity index (χ2v) is 7.72. The fourth-order valence-electron chi connectivity index (χ4n) is 3.28. The van der Waals surface area contributed by atoms with Crippen molar-refractivity contribution in [2.45, 2.75) is 34.9 Å². The van der Waals surface area contributed by atoms with Crippen LogP contribution >= 0.6 is 23.2 Å². The molecule has 0 radical (unpaired) electrons. The van der Waals surface area contributed by atoms with Crippen molar-refractivity contribution in [3.8, 4) is 0 Å². The largest absolute Gasteiger partial charge is 0.388 e. The molecule has 28 heavy (non-hydrogen) atoms. The third-order valence-corrected chi connectivity index (χ3v) is 5.63. The van der Waals surface area contributed by atoms with Crippen molar-refractivity contribution in [3.05, 3.63) is 71.8 Å². The van der Waals surface area contributed by atoms with E-state index in [2.05, 4.69) is 0 Å². The van der Waals surface area contributed by atoms with E-state index in [1.165, 1.54) is 0 Å². The van der Waals surface area contributed by atoms with E-state index in [4.69, 9.17) is 42.1 Å². The third-order valence-electron chi connectivity index (χ3n) is 4.80. The first-order valence-electron chi connectivity index (χ1n) is 8.90. The number of hydrogen-bond acceptors (Lipinski definition) is 6. The zero-order chi connectivity index (χ0) is 19.8. The van der Waals surface area contributed by atoms with Crippen LogP contribution in [-0.2, 0) is 29.4 Å². The second-order valence-electron chi connectivity index (χ2n) is 6.72. The summed E-state index contributed by atoms with van der Waals surface area (Å²) in [5.41, 5.74) is 1.14. The van der Waals surface area contributed by atoms with Gasteiger partial charge in [0.1, 0.15) is 24.4 Å². The summed E-state index contributed by atoms with van der Waals surface area (Å²) in [6.45, 7) is -0.178. The van der Waals surface area contributed by atoms with E-state index < -0.39 is 34.9 Å². The standard InChI is InChI=1S/C20H20Cl2O6/c21-19(13-7-3-1-4-8-13)26-12-16(27-19)18-17(24)15(23)11-25-20(22,28-18)14-9-5-2-6-10-14/h1-10,15-18,23-24H,11-12H2/t15-,16+,17-,18-,19?,20?/m1/s1. The quantitative estimate of drug-likeness (QED) is 0.734. The molecule has 2 aromatic rings. The molecule has 2 heterocycles. The van der Waals surface area contributed by atoms with Crippen LogP contribution in [0.5, 0.6) is 0 Å². The first-order valence-corrected chi connectivity index (χ1v) is 9.65. The number of aliphatic hydroxyl groups excluding tert-OH is 2. The van der Waals surface area contributed by atoms with Gasteiger partial charge in [0.25, 0.3) is 10.5 Å². The molecule has 2 aliphatic heterocycles. The van der Waals surface area contributed by atoms with E-state index in [1.807, 2.05) is 24.3 Å². The molecule has 0 spiro atoms. The van der Waals surface area contributed by atoms with Crippen LogP contribution in [0, 0.1) is 0 Å². The molecule has 2 N–H and O–H groups in total. The van der Waals surface area contributed by atoms with Gasteiger partial charge >= 0.3 is 0 Å². The molecule has 6 nitrogen and oxygen atoms in total. The fraction of sp³-hybridized carbons (Fsp3) is 0.400. The average Bonchev–Trinajstić information content (AvgIpc) is 3.09. The van der Waals surface area contributed by atoms with Crippen molar-refractivity contribution < 1.29 is 29.2 Å². The summed E-state index contributed by atoms with van der Waals surface area (Å²) in [4.78, 5) is 0. The lowest BCUT2D eigenvalue weighted by Gasteiger charge is -2.33. The summed E-state index contributed by atoms with van der Waals surface area (Å²) < 4.78 is 23.1. The van der Waals surface area contributed by atoms with Crippen LogP contribution in [0.15, 0.2) is 60.7 Å². The van der Waals surface area contributed by atoms with Gasteiger partial charge in [0.05, 0.1) is 13.2 Å². The van der Waals surface area contributed by atoms with Gasteiger partial charge in [-0.3, -0.25) is 0 Å². The molecule has 6 atom stereocenters. The maximum atomic E-state index is 10.6. The zero-order valence-corrected chi connectivity index (χ0v) is 16.3. The highest BCUT2D eigenvalue weighted by molar-refractivity contribution is 6.22. The highest BCUT2D eigenvalue weighted by atomic mass is 35.5. The smallest absolute Gasteiger partial charge is 0.276 e. The zero-order valence-electron chi connectivity index (χ0n) is 14.8. The number of halogens is 2. The van der Waals surface area contributed by atoms with Crippen LogP contribution in [0.2, 0.25) is 0 Å². The van der Waals surface area contributed by atoms with Crippen molar-refractivity contribution in [1.29, 1.82) is 0 Å². The number of benzene rings is 2. The molecule has 2 saturated heterocycles. The van der Waals surface area contributed by atoms with Gasteiger partial charge in [0, 0.05) is 11.1 Å². The molecule has 0 aliphatic carbocycles. The fourth-order valence-corrected chi connectivity index (χ4v) is 3.87. The molecular weight excluding hydrogens is 407 g/mol. The topological polar surface area (TPSA) is 77.4 Å². The summed E-state index contributed by atoms with van der Waals surface area (Å²) in [5.74, 6) is 0. The van der Waals surface area contributed by atoms with Crippen LogP contribution in [0.25, 0.3) is 0 Å². The number of hydrogen-bond donors (Lipinski definition) is 2. The minimum Gasteiger partial charge on any atom is -0.388 e. The van der Waals surface area contributed by atoms with Gasteiger partial charge < -0.3 is 29.2 Å². The number of rotatable bonds is 3. The molecule has 2 aliphatic rings. The summed E-state index contributed by atoms with van der Waals surface area (Å²) in [7, 11) is 0. The van der Waals surface area contributed by atoms with Gasteiger partial charge in [0.15, 0.2) is 0 Å². The molecule has 0 bridgehead atoms. The molecule has 2 unspecified atom stereocenters. The van der Waals surface area contributed by atoms with Gasteiger partial charge in [-0.1, -0.05) is 83.9 Å². The van der Waals surface area contributed by atoms with Crippen molar-refractivity contribution >= 4 is 23.2 Å². The van der Waals surface area contributed by atoms with Gasteiger partial charge in [-0.2, -0.15) is 0 Å². The molecular formula is C20H20Cl2O6. The van der Waals surface area contributed by atoms with Crippen molar-refractivity contribution in [2.24, 2.45) is 0 Å². The van der Waals surface area contributed by atoms with Crippen LogP contribution < -0.4 is 0 Å². The summed E-state index contributed by atoms with van der Waals surface area (Å²) >= 11 is 13.1. The highest BCUT2D eigenvalue weighted by Gasteiger charge is 2.52. The third kappa shape index (κ3) is 3.79. The minimum atomic E-state index is -1.70. The Hall–Kier alpha value is -1.22. The number of ether oxygens (including phenoxy) is 4. The van der Waals surface area contributed by atoms with E-state index in [0.717, 1.165) is 0 Å². The van der Waals surface area contributed by atoms with Crippen LogP contribution in [0.1, 0.15) is 11.1 Å². The van der Waals surface area contributed by atoms with Crippen molar-refractivity contribution in [2.75, 3.05) is 13.2 Å². The lowest BCUT2D eigenvalue weighted by atomic mass is 10.0. The minimum absolute atomic E-state index is 0.0363. The van der Waals surface area contributed by atoms with Crippen LogP contribution in [0.4, 0.5) is 0 Å². The Balaban J connectivity index is 1.60. The second kappa shape index (κ2) is 7.89. The molecule has 2 aromatic carbocycles. The number of aliphatic hydroxyl groups is 2. The lowest BCUT2D eigenvalue weighted by Crippen LogP contribution is -2.48. The molecule has 2 fully saturated rings. The summed E-state index contributed by atoms with van der Waals surface area (Å²) in [5, 5.41) is 17.7. The highest BCUT2D eigenvalue weighted by Crippen LogP contribution is 2.43. The lowest BCUT2D eigenvalue weighted by molar-refractivity contribution is -0.231. The van der Waals surface area contributed by atoms with Crippen LogP contribution in [0.3, 0.4) is 0 Å². The number of alkyl halides is 2. The van der Waals surface area contributed by atoms with E-state index >= 15 is 0 Å². The Morgan fingerprint density at radius 3 is 1.82 bits per heavy atom. The molecule has 4 rings (SSSR count). The molecule has 8 heteroatoms. The van der Waals surface area contributed by atoms with E-state index in [-0.39, 0.29) is 13.2 Å². The molecule has 0 aromatic heterocycles. The van der Waals surface area contributed by atoms with E-state index in [9.17, 15) is 10.2 Å². The summed E-state index contributed by atoms with van der Waals surface area (Å²) in [6, 6.07) is 17.9. The van der Waals surface area contributed by atoms with Crippen molar-refractivity contribution in [1.82, 2.24) is 0 Å². The predicted octanol–water partition coefficient (Wildman–Crippen LogP) is 2.64. The Bertz CT molecular complexity index is 794. The van der Waals surface area contributed by atoms with Crippen LogP contribution in [-0.4, -0.2) is 47.8 Å². The average molecular weight is 427 g/mol. The normalized spacial score (nSPS) is 38.9. The molecule has 150 valence electrons. The van der Waals surface area contributed by atoms with E-state index in [1.54, 1.807) is 36.4 Å². The SMILES string of the molecule is O[C@H]1[C@@H]([C@@H]2COC(Cl)(c3ccccc3)O2)OC(Cl)(c2ccccc2)OC[C@H]1O. The first kappa shape index (κ1) is 20.1. The Kier molecular flexibility index (Phi) is 5.66. The van der Waals surface area contributed by atoms with Crippen molar-refractivity contribution in [3.63, 3.8) is 0 Å². The molecule has 0 amide bonds. The molecule has 0 saturated carbocycles. The van der Waals surface area contributed by atoms with E-state index in [0.29, 0.717) is 11.1 Å². The van der Waals surface area contributed by atoms with Gasteiger partial charge in [0.2, 0.25) is 0 Å². The maximum Gasteiger partial charge on any atom is 0.276 e. The monoisotopic (exact) mass is 426 g/mol.